The standard InChI is InChI=1S/C23H43N3O4Si2/c1-22(2)12-18(25-20(27)26(8-6-10-31-4)9-7-11-32-5)13-23(3,16-22)17-24-21(28)30-15-19-14-29-19/h18-19H,6-17H2,1-5H3,(H,24,28)(H,25,27). The number of ether oxygens (including phenoxy) is 2. The van der Waals surface area contributed by atoms with Crippen LogP contribution >= 0.6 is 0 Å². The summed E-state index contributed by atoms with van der Waals surface area (Å²) in [5, 5.41) is 6.29. The van der Waals surface area contributed by atoms with Gasteiger partial charge in [0.2, 0.25) is 0 Å². The van der Waals surface area contributed by atoms with E-state index in [2.05, 4.69) is 44.5 Å². The second-order valence-corrected chi connectivity index (χ2v) is 12.9. The molecule has 182 valence electrons. The van der Waals surface area contributed by atoms with Crippen molar-refractivity contribution >= 4 is 31.2 Å². The van der Waals surface area contributed by atoms with Crippen LogP contribution in [0.3, 0.4) is 0 Å². The van der Waals surface area contributed by atoms with Crippen LogP contribution in [0.5, 0.6) is 0 Å². The van der Waals surface area contributed by atoms with Crippen LogP contribution in [0.25, 0.3) is 0 Å². The summed E-state index contributed by atoms with van der Waals surface area (Å²) in [4.78, 5) is 27.2. The van der Waals surface area contributed by atoms with Gasteiger partial charge >= 0.3 is 12.1 Å². The Morgan fingerprint density at radius 3 is 2.28 bits per heavy atom. The number of urea groups is 1. The minimum absolute atomic E-state index is 0.0723. The number of hydrogen-bond acceptors (Lipinski definition) is 4. The lowest BCUT2D eigenvalue weighted by molar-refractivity contribution is 0.0667. The highest BCUT2D eigenvalue weighted by Gasteiger charge is 2.42. The number of amides is 3. The van der Waals surface area contributed by atoms with Crippen LogP contribution in [0.1, 0.15) is 52.9 Å². The predicted octanol–water partition coefficient (Wildman–Crippen LogP) is 3.83. The topological polar surface area (TPSA) is 83.2 Å². The summed E-state index contributed by atoms with van der Waals surface area (Å²) < 4.78 is 10.3. The van der Waals surface area contributed by atoms with Crippen molar-refractivity contribution in [1.82, 2.24) is 15.5 Å². The minimum atomic E-state index is -0.384. The molecule has 1 heterocycles. The summed E-state index contributed by atoms with van der Waals surface area (Å²) in [5.41, 5.74) is 0.00215. The van der Waals surface area contributed by atoms with Gasteiger partial charge in [-0.2, -0.15) is 0 Å². The molecule has 2 fully saturated rings. The zero-order valence-electron chi connectivity index (χ0n) is 20.7. The molecule has 1 saturated heterocycles. The average Bonchev–Trinajstić information content (AvgIpc) is 3.53. The number of carbonyl (C=O) groups excluding carboxylic acids is 2. The van der Waals surface area contributed by atoms with E-state index in [0.29, 0.717) is 19.8 Å². The molecule has 0 spiro atoms. The van der Waals surface area contributed by atoms with Gasteiger partial charge in [0, 0.05) is 44.7 Å². The van der Waals surface area contributed by atoms with Crippen molar-refractivity contribution in [2.24, 2.45) is 10.8 Å². The molecule has 2 rings (SSSR count). The Balaban J connectivity index is 1.90. The van der Waals surface area contributed by atoms with Gasteiger partial charge in [-0.25, -0.2) is 9.59 Å². The van der Waals surface area contributed by atoms with E-state index in [1.165, 1.54) is 12.1 Å². The second kappa shape index (κ2) is 13.0. The first-order valence-electron chi connectivity index (χ1n) is 12.0. The van der Waals surface area contributed by atoms with Gasteiger partial charge in [0.1, 0.15) is 12.7 Å². The largest absolute Gasteiger partial charge is 0.447 e. The third-order valence-electron chi connectivity index (χ3n) is 6.23. The van der Waals surface area contributed by atoms with Crippen LogP contribution in [0.4, 0.5) is 9.59 Å². The summed E-state index contributed by atoms with van der Waals surface area (Å²) in [7, 11) is 1.87. The monoisotopic (exact) mass is 481 g/mol. The summed E-state index contributed by atoms with van der Waals surface area (Å²) in [6, 6.07) is 2.55. The molecule has 1 aliphatic carbocycles. The molecule has 7 nitrogen and oxygen atoms in total. The fraction of sp³-hybridized carbons (Fsp3) is 0.913. The number of nitrogens with zero attached hydrogens (tertiary/aromatic N) is 1. The normalized spacial score (nSPS) is 26.3. The Kier molecular flexibility index (Phi) is 11.0. The Labute approximate surface area is 199 Å². The van der Waals surface area contributed by atoms with Crippen LogP contribution in [0.2, 0.25) is 25.2 Å². The van der Waals surface area contributed by atoms with E-state index in [-0.39, 0.29) is 35.1 Å². The van der Waals surface area contributed by atoms with E-state index in [1.54, 1.807) is 0 Å². The van der Waals surface area contributed by atoms with E-state index in [0.717, 1.165) is 64.2 Å². The molecule has 0 aromatic rings. The van der Waals surface area contributed by atoms with Gasteiger partial charge in [-0.3, -0.25) is 0 Å². The Morgan fingerprint density at radius 1 is 1.09 bits per heavy atom. The number of carbonyl (C=O) groups is 2. The maximum atomic E-state index is 13.2. The molecule has 3 unspecified atom stereocenters. The van der Waals surface area contributed by atoms with Gasteiger partial charge in [0.15, 0.2) is 0 Å². The van der Waals surface area contributed by atoms with Crippen molar-refractivity contribution in [1.29, 1.82) is 0 Å². The third kappa shape index (κ3) is 10.2. The van der Waals surface area contributed by atoms with Crippen molar-refractivity contribution in [2.75, 3.05) is 32.8 Å². The Hall–Kier alpha value is -1.07. The Bertz CT molecular complexity index is 594. The fourth-order valence-corrected chi connectivity index (χ4v) is 6.04. The van der Waals surface area contributed by atoms with E-state index in [9.17, 15) is 9.59 Å². The van der Waals surface area contributed by atoms with Gasteiger partial charge in [0.05, 0.1) is 6.61 Å². The van der Waals surface area contributed by atoms with Crippen molar-refractivity contribution in [3.05, 3.63) is 0 Å². The van der Waals surface area contributed by atoms with E-state index in [1.807, 2.05) is 4.90 Å². The smallest absolute Gasteiger partial charge is 0.407 e. The average molecular weight is 482 g/mol. The first-order valence-corrected chi connectivity index (χ1v) is 15.4. The number of hydrogen-bond donors (Lipinski definition) is 2. The fourth-order valence-electron chi connectivity index (χ4n) is 5.01. The van der Waals surface area contributed by atoms with Gasteiger partial charge in [-0.05, 0) is 42.9 Å². The summed E-state index contributed by atoms with van der Waals surface area (Å²) in [6.45, 7) is 14.4. The maximum absolute atomic E-state index is 13.2. The van der Waals surface area contributed by atoms with Gasteiger partial charge in [0.25, 0.3) is 0 Å². The first-order chi connectivity index (χ1) is 15.2. The lowest BCUT2D eigenvalue weighted by atomic mass is 9.62. The second-order valence-electron chi connectivity index (χ2n) is 10.5. The molecule has 1 aliphatic heterocycles. The van der Waals surface area contributed by atoms with Crippen LogP contribution in [-0.4, -0.2) is 81.1 Å². The molecule has 32 heavy (non-hydrogen) atoms. The lowest BCUT2D eigenvalue weighted by Crippen LogP contribution is -2.53. The highest BCUT2D eigenvalue weighted by atomic mass is 28.2. The molecule has 0 bridgehead atoms. The lowest BCUT2D eigenvalue weighted by Gasteiger charge is -2.47. The van der Waals surface area contributed by atoms with Crippen molar-refractivity contribution in [3.63, 3.8) is 0 Å². The van der Waals surface area contributed by atoms with Crippen molar-refractivity contribution in [2.45, 2.75) is 90.2 Å². The van der Waals surface area contributed by atoms with Crippen LogP contribution < -0.4 is 10.6 Å². The molecule has 9 heteroatoms. The number of alkyl carbamates (subject to hydrolysis) is 1. The van der Waals surface area contributed by atoms with Crippen LogP contribution in [0.15, 0.2) is 0 Å². The first kappa shape index (κ1) is 27.2. The van der Waals surface area contributed by atoms with Crippen molar-refractivity contribution < 1.29 is 19.1 Å². The molecule has 1 saturated carbocycles. The Morgan fingerprint density at radius 2 is 1.72 bits per heavy atom. The number of epoxide rings is 1. The van der Waals surface area contributed by atoms with Gasteiger partial charge in [-0.1, -0.05) is 46.0 Å². The maximum Gasteiger partial charge on any atom is 0.407 e. The summed E-state index contributed by atoms with van der Waals surface area (Å²) in [6.07, 6.45) is 4.64. The molecule has 2 N–H and O–H groups in total. The number of nitrogens with one attached hydrogen (secondary N) is 2. The molecule has 0 aromatic heterocycles. The molecular weight excluding hydrogens is 438 g/mol. The predicted molar refractivity (Wildman–Crippen MR) is 131 cm³/mol. The SMILES string of the molecule is C[Si]CCCN(CCC[Si]C)C(=O)NC1CC(C)(C)CC(C)(CNC(=O)OCC2CO2)C1. The van der Waals surface area contributed by atoms with Gasteiger partial charge in [-0.15, -0.1) is 0 Å². The zero-order valence-corrected chi connectivity index (χ0v) is 22.7. The van der Waals surface area contributed by atoms with Gasteiger partial charge < -0.3 is 25.0 Å². The quantitative estimate of drug-likeness (QED) is 0.238. The van der Waals surface area contributed by atoms with Crippen molar-refractivity contribution in [3.8, 4) is 0 Å². The number of rotatable bonds is 13. The van der Waals surface area contributed by atoms with E-state index in [4.69, 9.17) is 9.47 Å². The molecule has 3 amide bonds. The highest BCUT2D eigenvalue weighted by molar-refractivity contribution is 6.33. The molecule has 4 radical (unpaired) electrons. The van der Waals surface area contributed by atoms with Crippen LogP contribution in [-0.2, 0) is 9.47 Å². The van der Waals surface area contributed by atoms with E-state index < -0.39 is 0 Å². The molecular formula is C23H43N3O4Si2. The van der Waals surface area contributed by atoms with E-state index >= 15 is 0 Å². The summed E-state index contributed by atoms with van der Waals surface area (Å²) >= 11 is 0. The zero-order chi connectivity index (χ0) is 23.6. The minimum Gasteiger partial charge on any atom is -0.447 e. The highest BCUT2D eigenvalue weighted by Crippen LogP contribution is 2.45. The van der Waals surface area contributed by atoms with Crippen LogP contribution in [0, 0.1) is 10.8 Å². The molecule has 3 atom stereocenters. The summed E-state index contributed by atoms with van der Waals surface area (Å²) in [5.74, 6) is 0. The molecule has 0 aromatic carbocycles. The third-order valence-corrected chi connectivity index (χ3v) is 7.94. The molecule has 2 aliphatic rings.